The van der Waals surface area contributed by atoms with Crippen molar-refractivity contribution in [2.75, 3.05) is 26.3 Å². The van der Waals surface area contributed by atoms with Gasteiger partial charge in [-0.2, -0.15) is 0 Å². The number of hydrogen-bond acceptors (Lipinski definition) is 3. The van der Waals surface area contributed by atoms with Gasteiger partial charge in [-0.3, -0.25) is 0 Å². The Morgan fingerprint density at radius 3 is 2.53 bits per heavy atom. The third kappa shape index (κ3) is 3.94. The van der Waals surface area contributed by atoms with Crippen molar-refractivity contribution in [1.82, 2.24) is 5.32 Å². The van der Waals surface area contributed by atoms with Crippen molar-refractivity contribution in [2.45, 2.75) is 52.6 Å². The molecule has 0 aromatic carbocycles. The maximum Gasteiger partial charge on any atom is 0.0613 e. The third-order valence-electron chi connectivity index (χ3n) is 4.49. The van der Waals surface area contributed by atoms with Crippen molar-refractivity contribution >= 4 is 0 Å². The van der Waals surface area contributed by atoms with Gasteiger partial charge in [0.25, 0.3) is 0 Å². The van der Waals surface area contributed by atoms with E-state index in [1.807, 2.05) is 0 Å². The van der Waals surface area contributed by atoms with Crippen molar-refractivity contribution in [3.63, 3.8) is 0 Å². The van der Waals surface area contributed by atoms with Gasteiger partial charge >= 0.3 is 0 Å². The number of hydrogen-bond donors (Lipinski definition) is 2. The molecule has 3 nitrogen and oxygen atoms in total. The smallest absolute Gasteiger partial charge is 0.0613 e. The quantitative estimate of drug-likeness (QED) is 0.686. The van der Waals surface area contributed by atoms with Gasteiger partial charge in [-0.15, -0.1) is 0 Å². The largest absolute Gasteiger partial charge is 0.396 e. The summed E-state index contributed by atoms with van der Waals surface area (Å²) in [5.41, 5.74) is 0.0706. The Kier molecular flexibility index (Phi) is 6.45. The lowest BCUT2D eigenvalue weighted by Gasteiger charge is -2.30. The van der Waals surface area contributed by atoms with Crippen LogP contribution in [0.2, 0.25) is 0 Å². The summed E-state index contributed by atoms with van der Waals surface area (Å²) >= 11 is 0. The Hall–Kier alpha value is -0.120. The van der Waals surface area contributed by atoms with E-state index in [1.54, 1.807) is 0 Å². The van der Waals surface area contributed by atoms with Gasteiger partial charge < -0.3 is 15.2 Å². The summed E-state index contributed by atoms with van der Waals surface area (Å²) < 4.78 is 5.69. The van der Waals surface area contributed by atoms with Crippen LogP contribution in [0.4, 0.5) is 0 Å². The van der Waals surface area contributed by atoms with E-state index in [2.05, 4.69) is 26.1 Å². The fraction of sp³-hybridized carbons (Fsp3) is 1.00. The van der Waals surface area contributed by atoms with Crippen LogP contribution < -0.4 is 5.32 Å². The molecule has 1 rings (SSSR count). The molecule has 0 radical (unpaired) electrons. The zero-order valence-electron chi connectivity index (χ0n) is 11.7. The molecule has 0 amide bonds. The molecule has 17 heavy (non-hydrogen) atoms. The second-order valence-corrected chi connectivity index (χ2v) is 5.36. The molecule has 0 aliphatic carbocycles. The lowest BCUT2D eigenvalue weighted by Crippen LogP contribution is -2.39. The van der Waals surface area contributed by atoms with Crippen molar-refractivity contribution in [2.24, 2.45) is 11.3 Å². The van der Waals surface area contributed by atoms with Crippen LogP contribution in [0.15, 0.2) is 0 Å². The van der Waals surface area contributed by atoms with Gasteiger partial charge in [-0.05, 0) is 31.6 Å². The fourth-order valence-electron chi connectivity index (χ4n) is 2.68. The van der Waals surface area contributed by atoms with E-state index < -0.39 is 0 Å². The average Bonchev–Trinajstić information content (AvgIpc) is 2.83. The van der Waals surface area contributed by atoms with E-state index in [0.717, 1.165) is 39.0 Å². The maximum atomic E-state index is 9.50. The summed E-state index contributed by atoms with van der Waals surface area (Å²) in [5, 5.41) is 13.0. The molecule has 2 atom stereocenters. The molecule has 0 aromatic heterocycles. The van der Waals surface area contributed by atoms with Crippen LogP contribution in [0.25, 0.3) is 0 Å². The first kappa shape index (κ1) is 14.9. The van der Waals surface area contributed by atoms with Crippen LogP contribution in [0.5, 0.6) is 0 Å². The van der Waals surface area contributed by atoms with E-state index in [0.29, 0.717) is 12.0 Å². The number of aliphatic hydroxyl groups is 1. The molecule has 3 heteroatoms. The van der Waals surface area contributed by atoms with Gasteiger partial charge in [0.1, 0.15) is 0 Å². The van der Waals surface area contributed by atoms with Crippen LogP contribution in [0, 0.1) is 11.3 Å². The standard InChI is InChI=1S/C14H29NO2/c1-4-13-12(7-8-17-13)9-15-10-14(5-2,6-3)11-16/h12-13,15-16H,4-11H2,1-3H3. The van der Waals surface area contributed by atoms with Crippen LogP contribution in [0.1, 0.15) is 46.5 Å². The number of nitrogens with one attached hydrogen (secondary N) is 1. The molecule has 102 valence electrons. The highest BCUT2D eigenvalue weighted by molar-refractivity contribution is 4.81. The lowest BCUT2D eigenvalue weighted by molar-refractivity contribution is 0.0825. The lowest BCUT2D eigenvalue weighted by atomic mass is 9.83. The fourth-order valence-corrected chi connectivity index (χ4v) is 2.68. The number of aliphatic hydroxyl groups excluding tert-OH is 1. The SMILES string of the molecule is CCC1OCCC1CNCC(CC)(CC)CO. The topological polar surface area (TPSA) is 41.5 Å². The summed E-state index contributed by atoms with van der Waals surface area (Å²) in [6.07, 6.45) is 4.79. The first-order chi connectivity index (χ1) is 8.21. The molecule has 2 N–H and O–H groups in total. The number of ether oxygens (including phenoxy) is 1. The Morgan fingerprint density at radius 1 is 1.29 bits per heavy atom. The first-order valence-corrected chi connectivity index (χ1v) is 7.14. The molecule has 1 aliphatic heterocycles. The molecule has 1 aliphatic rings. The molecule has 1 saturated heterocycles. The van der Waals surface area contributed by atoms with E-state index in [1.165, 1.54) is 6.42 Å². The Morgan fingerprint density at radius 2 is 2.00 bits per heavy atom. The van der Waals surface area contributed by atoms with Gasteiger partial charge in [0.2, 0.25) is 0 Å². The second-order valence-electron chi connectivity index (χ2n) is 5.36. The molecular formula is C14H29NO2. The summed E-state index contributed by atoms with van der Waals surface area (Å²) in [7, 11) is 0. The Balaban J connectivity index is 2.30. The van der Waals surface area contributed by atoms with Crippen molar-refractivity contribution in [3.05, 3.63) is 0 Å². The third-order valence-corrected chi connectivity index (χ3v) is 4.49. The highest BCUT2D eigenvalue weighted by atomic mass is 16.5. The van der Waals surface area contributed by atoms with E-state index >= 15 is 0 Å². The highest BCUT2D eigenvalue weighted by Crippen LogP contribution is 2.26. The van der Waals surface area contributed by atoms with Crippen LogP contribution in [0.3, 0.4) is 0 Å². The summed E-state index contributed by atoms with van der Waals surface area (Å²) in [4.78, 5) is 0. The zero-order valence-corrected chi connectivity index (χ0v) is 11.7. The minimum absolute atomic E-state index is 0.0706. The summed E-state index contributed by atoms with van der Waals surface area (Å²) in [6.45, 7) is 9.66. The van der Waals surface area contributed by atoms with Crippen molar-refractivity contribution < 1.29 is 9.84 Å². The normalized spacial score (nSPS) is 25.4. The summed E-state index contributed by atoms with van der Waals surface area (Å²) in [6, 6.07) is 0. The van der Waals surface area contributed by atoms with Crippen molar-refractivity contribution in [1.29, 1.82) is 0 Å². The maximum absolute atomic E-state index is 9.50. The Bertz CT molecular complexity index is 196. The van der Waals surface area contributed by atoms with Gasteiger partial charge in [0.05, 0.1) is 6.10 Å². The van der Waals surface area contributed by atoms with Gasteiger partial charge in [0.15, 0.2) is 0 Å². The van der Waals surface area contributed by atoms with Gasteiger partial charge in [0, 0.05) is 31.7 Å². The molecule has 0 saturated carbocycles. The molecule has 1 heterocycles. The van der Waals surface area contributed by atoms with Crippen molar-refractivity contribution in [3.8, 4) is 0 Å². The predicted molar refractivity (Wildman–Crippen MR) is 71.1 cm³/mol. The van der Waals surface area contributed by atoms with E-state index in [9.17, 15) is 5.11 Å². The summed E-state index contributed by atoms with van der Waals surface area (Å²) in [5.74, 6) is 0.658. The minimum Gasteiger partial charge on any atom is -0.396 e. The van der Waals surface area contributed by atoms with E-state index in [4.69, 9.17) is 4.74 Å². The van der Waals surface area contributed by atoms with Crippen LogP contribution >= 0.6 is 0 Å². The molecule has 0 aromatic rings. The highest BCUT2D eigenvalue weighted by Gasteiger charge is 2.28. The second kappa shape index (κ2) is 7.34. The molecule has 2 unspecified atom stereocenters. The minimum atomic E-state index is 0.0706. The molecule has 0 spiro atoms. The zero-order chi connectivity index (χ0) is 12.7. The van der Waals surface area contributed by atoms with E-state index in [-0.39, 0.29) is 12.0 Å². The van der Waals surface area contributed by atoms with Gasteiger partial charge in [-0.25, -0.2) is 0 Å². The molecular weight excluding hydrogens is 214 g/mol. The van der Waals surface area contributed by atoms with Crippen LogP contribution in [-0.2, 0) is 4.74 Å². The monoisotopic (exact) mass is 243 g/mol. The molecule has 1 fully saturated rings. The van der Waals surface area contributed by atoms with Crippen LogP contribution in [-0.4, -0.2) is 37.5 Å². The average molecular weight is 243 g/mol. The molecule has 0 bridgehead atoms. The Labute approximate surface area is 106 Å². The number of rotatable bonds is 8. The predicted octanol–water partition coefficient (Wildman–Crippen LogP) is 2.19. The van der Waals surface area contributed by atoms with Gasteiger partial charge in [-0.1, -0.05) is 20.8 Å². The first-order valence-electron chi connectivity index (χ1n) is 7.14.